The number of halogens is 1. The molecular weight excluding hydrogens is 340 g/mol. The number of aromatic nitrogens is 2. The Hall–Kier alpha value is -2.60. The number of H-pyrrole nitrogens is 1. The van der Waals surface area contributed by atoms with Crippen LogP contribution in [0.5, 0.6) is 11.5 Å². The molecule has 3 heterocycles. The number of pyridine rings is 1. The molecular formula is C18H19ClN4O2. The first-order valence-electron chi connectivity index (χ1n) is 8.33. The standard InChI is InChI=1S/C18H19ClN4O2/c1-2-6-20-13-9-15(23-18-16(13)11(19)10-21-18)22-12-4-3-5-14-17(12)25-8-7-24-14/h3-5,9-10H,2,6-8H2,1H3,(H3,20,21,22,23). The highest BCUT2D eigenvalue weighted by Gasteiger charge is 2.17. The number of hydrogen-bond acceptors (Lipinski definition) is 5. The Morgan fingerprint density at radius 2 is 2.12 bits per heavy atom. The van der Waals surface area contributed by atoms with Crippen LogP contribution in [-0.4, -0.2) is 29.7 Å². The normalized spacial score (nSPS) is 13.0. The van der Waals surface area contributed by atoms with Gasteiger partial charge in [0.15, 0.2) is 11.5 Å². The van der Waals surface area contributed by atoms with Gasteiger partial charge in [0.25, 0.3) is 0 Å². The molecule has 0 bridgehead atoms. The molecule has 0 spiro atoms. The van der Waals surface area contributed by atoms with Gasteiger partial charge in [0.2, 0.25) is 0 Å². The zero-order valence-electron chi connectivity index (χ0n) is 13.9. The number of nitrogens with zero attached hydrogens (tertiary/aromatic N) is 1. The third-order valence-corrected chi connectivity index (χ3v) is 4.29. The Kier molecular flexibility index (Phi) is 4.28. The van der Waals surface area contributed by atoms with Crippen molar-refractivity contribution in [2.75, 3.05) is 30.4 Å². The Morgan fingerprint density at radius 1 is 1.24 bits per heavy atom. The summed E-state index contributed by atoms with van der Waals surface area (Å²) < 4.78 is 11.4. The number of hydrogen-bond donors (Lipinski definition) is 3. The lowest BCUT2D eigenvalue weighted by atomic mass is 10.2. The highest BCUT2D eigenvalue weighted by Crippen LogP contribution is 2.39. The number of ether oxygens (including phenoxy) is 2. The van der Waals surface area contributed by atoms with Gasteiger partial charge in [-0.1, -0.05) is 24.6 Å². The molecule has 0 saturated heterocycles. The number of rotatable bonds is 5. The van der Waals surface area contributed by atoms with Crippen LogP contribution in [0.3, 0.4) is 0 Å². The number of benzene rings is 1. The van der Waals surface area contributed by atoms with Crippen LogP contribution in [0.1, 0.15) is 13.3 Å². The first kappa shape index (κ1) is 15.9. The lowest BCUT2D eigenvalue weighted by Crippen LogP contribution is -2.16. The fourth-order valence-electron chi connectivity index (χ4n) is 2.87. The molecule has 130 valence electrons. The molecule has 0 radical (unpaired) electrons. The maximum absolute atomic E-state index is 6.30. The third kappa shape index (κ3) is 3.05. The minimum Gasteiger partial charge on any atom is -0.486 e. The highest BCUT2D eigenvalue weighted by atomic mass is 35.5. The van der Waals surface area contributed by atoms with E-state index in [1.807, 2.05) is 24.3 Å². The van der Waals surface area contributed by atoms with Crippen LogP contribution >= 0.6 is 11.6 Å². The fraction of sp³-hybridized carbons (Fsp3) is 0.278. The van der Waals surface area contributed by atoms with Crippen molar-refractivity contribution in [1.29, 1.82) is 0 Å². The van der Waals surface area contributed by atoms with Crippen LogP contribution in [0.4, 0.5) is 17.2 Å². The number of para-hydroxylation sites is 1. The van der Waals surface area contributed by atoms with Gasteiger partial charge in [-0.3, -0.25) is 0 Å². The van der Waals surface area contributed by atoms with E-state index in [2.05, 4.69) is 27.5 Å². The van der Waals surface area contributed by atoms with Gasteiger partial charge in [-0.25, -0.2) is 4.98 Å². The van der Waals surface area contributed by atoms with Gasteiger partial charge in [-0.15, -0.1) is 0 Å². The van der Waals surface area contributed by atoms with E-state index in [1.54, 1.807) is 6.20 Å². The molecule has 6 nitrogen and oxygen atoms in total. The van der Waals surface area contributed by atoms with Crippen molar-refractivity contribution in [1.82, 2.24) is 9.97 Å². The summed E-state index contributed by atoms with van der Waals surface area (Å²) in [6, 6.07) is 7.73. The smallest absolute Gasteiger partial charge is 0.184 e. The first-order valence-corrected chi connectivity index (χ1v) is 8.71. The molecule has 4 rings (SSSR count). The molecule has 7 heteroatoms. The maximum atomic E-state index is 6.30. The van der Waals surface area contributed by atoms with Crippen LogP contribution in [0.25, 0.3) is 11.0 Å². The summed E-state index contributed by atoms with van der Waals surface area (Å²) in [7, 11) is 0. The quantitative estimate of drug-likeness (QED) is 0.624. The molecule has 2 aromatic heterocycles. The zero-order valence-corrected chi connectivity index (χ0v) is 14.6. The molecule has 1 aliphatic heterocycles. The number of aromatic amines is 1. The van der Waals surface area contributed by atoms with Gasteiger partial charge in [-0.05, 0) is 18.6 Å². The van der Waals surface area contributed by atoms with E-state index in [4.69, 9.17) is 21.1 Å². The van der Waals surface area contributed by atoms with Crippen molar-refractivity contribution in [2.45, 2.75) is 13.3 Å². The van der Waals surface area contributed by atoms with Crippen molar-refractivity contribution < 1.29 is 9.47 Å². The molecule has 0 fully saturated rings. The average molecular weight is 359 g/mol. The average Bonchev–Trinajstić information content (AvgIpc) is 3.01. The van der Waals surface area contributed by atoms with E-state index >= 15 is 0 Å². The molecule has 0 amide bonds. The summed E-state index contributed by atoms with van der Waals surface area (Å²) in [6.45, 7) is 4.08. The fourth-order valence-corrected chi connectivity index (χ4v) is 3.11. The van der Waals surface area contributed by atoms with E-state index in [-0.39, 0.29) is 0 Å². The topological polar surface area (TPSA) is 71.2 Å². The summed E-state index contributed by atoms with van der Waals surface area (Å²) >= 11 is 6.30. The van der Waals surface area contributed by atoms with Crippen LogP contribution in [0.15, 0.2) is 30.5 Å². The summed E-state index contributed by atoms with van der Waals surface area (Å²) in [6.07, 6.45) is 2.77. The molecule has 3 N–H and O–H groups in total. The second kappa shape index (κ2) is 6.72. The minimum atomic E-state index is 0.535. The van der Waals surface area contributed by atoms with Gasteiger partial charge in [0.1, 0.15) is 24.7 Å². The molecule has 0 unspecified atom stereocenters. The Morgan fingerprint density at radius 3 is 3.00 bits per heavy atom. The van der Waals surface area contributed by atoms with Crippen molar-refractivity contribution in [3.8, 4) is 11.5 Å². The lowest BCUT2D eigenvalue weighted by Gasteiger charge is -2.21. The van der Waals surface area contributed by atoms with Gasteiger partial charge < -0.3 is 25.1 Å². The van der Waals surface area contributed by atoms with Crippen molar-refractivity contribution >= 4 is 39.8 Å². The Labute approximate surface area is 150 Å². The first-order chi connectivity index (χ1) is 12.3. The van der Waals surface area contributed by atoms with E-state index in [1.165, 1.54) is 0 Å². The molecule has 1 aliphatic rings. The molecule has 25 heavy (non-hydrogen) atoms. The van der Waals surface area contributed by atoms with E-state index in [0.717, 1.165) is 41.1 Å². The van der Waals surface area contributed by atoms with Gasteiger partial charge in [0.05, 0.1) is 21.8 Å². The summed E-state index contributed by atoms with van der Waals surface area (Å²) in [5.74, 6) is 2.15. The van der Waals surface area contributed by atoms with E-state index in [9.17, 15) is 0 Å². The largest absolute Gasteiger partial charge is 0.486 e. The predicted octanol–water partition coefficient (Wildman–Crippen LogP) is 4.55. The van der Waals surface area contributed by atoms with Crippen molar-refractivity contribution in [3.63, 3.8) is 0 Å². The van der Waals surface area contributed by atoms with Gasteiger partial charge >= 0.3 is 0 Å². The number of anilines is 3. The van der Waals surface area contributed by atoms with Crippen LogP contribution in [-0.2, 0) is 0 Å². The second-order valence-electron chi connectivity index (χ2n) is 5.80. The molecule has 1 aromatic carbocycles. The monoisotopic (exact) mass is 358 g/mol. The SMILES string of the molecule is CCCNc1cc(Nc2cccc3c2OCCO3)nc2[nH]cc(Cl)c12. The molecule has 0 saturated carbocycles. The van der Waals surface area contributed by atoms with Gasteiger partial charge in [0, 0.05) is 18.8 Å². The van der Waals surface area contributed by atoms with Crippen molar-refractivity contribution in [3.05, 3.63) is 35.5 Å². The van der Waals surface area contributed by atoms with Crippen LogP contribution in [0.2, 0.25) is 5.02 Å². The lowest BCUT2D eigenvalue weighted by molar-refractivity contribution is 0.172. The van der Waals surface area contributed by atoms with E-state index in [0.29, 0.717) is 29.8 Å². The van der Waals surface area contributed by atoms with Crippen LogP contribution < -0.4 is 20.1 Å². The molecule has 3 aromatic rings. The number of nitrogens with one attached hydrogen (secondary N) is 3. The van der Waals surface area contributed by atoms with Crippen molar-refractivity contribution in [2.24, 2.45) is 0 Å². The zero-order chi connectivity index (χ0) is 17.2. The van der Waals surface area contributed by atoms with Crippen LogP contribution in [0, 0.1) is 0 Å². The van der Waals surface area contributed by atoms with Gasteiger partial charge in [-0.2, -0.15) is 0 Å². The predicted molar refractivity (Wildman–Crippen MR) is 101 cm³/mol. The highest BCUT2D eigenvalue weighted by molar-refractivity contribution is 6.36. The molecule has 0 aliphatic carbocycles. The Bertz CT molecular complexity index is 909. The third-order valence-electron chi connectivity index (χ3n) is 3.99. The Balaban J connectivity index is 1.72. The number of fused-ring (bicyclic) bond motifs is 2. The van der Waals surface area contributed by atoms with E-state index < -0.39 is 0 Å². The minimum absolute atomic E-state index is 0.535. The second-order valence-corrected chi connectivity index (χ2v) is 6.20. The molecule has 0 atom stereocenters. The maximum Gasteiger partial charge on any atom is 0.184 e. The summed E-state index contributed by atoms with van der Waals surface area (Å²) in [4.78, 5) is 7.74. The summed E-state index contributed by atoms with van der Waals surface area (Å²) in [5.41, 5.74) is 2.50. The summed E-state index contributed by atoms with van der Waals surface area (Å²) in [5, 5.41) is 8.30.